The lowest BCUT2D eigenvalue weighted by molar-refractivity contribution is -0.139. The minimum Gasteiger partial charge on any atom is -0.354 e. The van der Waals surface area contributed by atoms with Crippen LogP contribution in [0.5, 0.6) is 0 Å². The Morgan fingerprint density at radius 1 is 0.974 bits per heavy atom. The number of anilines is 1. The summed E-state index contributed by atoms with van der Waals surface area (Å²) in [4.78, 5) is 28.5. The van der Waals surface area contributed by atoms with Crippen molar-refractivity contribution in [2.45, 2.75) is 58.0 Å². The number of benzene rings is 3. The van der Waals surface area contributed by atoms with Gasteiger partial charge in [-0.15, -0.1) is 0 Å². The number of carbonyl (C=O) groups is 2. The van der Waals surface area contributed by atoms with E-state index in [0.717, 1.165) is 28.3 Å². The Balaban J connectivity index is 2.02. The van der Waals surface area contributed by atoms with Crippen molar-refractivity contribution in [3.05, 3.63) is 94.5 Å². The second-order valence-corrected chi connectivity index (χ2v) is 11.9. The predicted octanol–water partition coefficient (Wildman–Crippen LogP) is 5.49. The van der Waals surface area contributed by atoms with Crippen molar-refractivity contribution in [1.82, 2.24) is 10.2 Å². The first-order valence-corrected chi connectivity index (χ1v) is 14.8. The zero-order valence-corrected chi connectivity index (χ0v) is 24.4. The van der Waals surface area contributed by atoms with Crippen molar-refractivity contribution in [3.8, 4) is 0 Å². The number of hydrogen-bond acceptors (Lipinski definition) is 4. The van der Waals surface area contributed by atoms with Crippen molar-refractivity contribution in [1.29, 1.82) is 0 Å². The van der Waals surface area contributed by atoms with Crippen LogP contribution in [0.4, 0.5) is 5.69 Å². The fourth-order valence-electron chi connectivity index (χ4n) is 4.26. The van der Waals surface area contributed by atoms with E-state index in [2.05, 4.69) is 5.32 Å². The predicted molar refractivity (Wildman–Crippen MR) is 156 cm³/mol. The van der Waals surface area contributed by atoms with Crippen molar-refractivity contribution in [2.75, 3.05) is 17.4 Å². The van der Waals surface area contributed by atoms with Crippen molar-refractivity contribution in [3.63, 3.8) is 0 Å². The Bertz CT molecular complexity index is 1400. The number of halogens is 1. The molecule has 9 heteroatoms. The van der Waals surface area contributed by atoms with Gasteiger partial charge < -0.3 is 10.2 Å². The smallest absolute Gasteiger partial charge is 0.264 e. The van der Waals surface area contributed by atoms with Crippen LogP contribution in [-0.2, 0) is 26.2 Å². The molecule has 2 amide bonds. The maximum atomic E-state index is 14.0. The number of rotatable bonds is 12. The lowest BCUT2D eigenvalue weighted by Crippen LogP contribution is -2.51. The van der Waals surface area contributed by atoms with E-state index in [1.54, 1.807) is 50.2 Å². The van der Waals surface area contributed by atoms with Crippen LogP contribution in [0.1, 0.15) is 43.4 Å². The molecule has 0 aliphatic rings. The zero-order valence-electron chi connectivity index (χ0n) is 22.9. The van der Waals surface area contributed by atoms with Gasteiger partial charge in [-0.05, 0) is 68.7 Å². The number of aryl methyl sites for hydroxylation is 2. The van der Waals surface area contributed by atoms with Crippen molar-refractivity contribution in [2.24, 2.45) is 0 Å². The lowest BCUT2D eigenvalue weighted by Gasteiger charge is -2.32. The number of carbonyl (C=O) groups excluding carboxylic acids is 2. The van der Waals surface area contributed by atoms with Crippen LogP contribution in [0.2, 0.25) is 5.02 Å². The van der Waals surface area contributed by atoms with Crippen LogP contribution >= 0.6 is 11.6 Å². The van der Waals surface area contributed by atoms with Crippen molar-refractivity contribution < 1.29 is 18.0 Å². The Kier molecular flexibility index (Phi) is 10.5. The molecule has 3 rings (SSSR count). The van der Waals surface area contributed by atoms with Gasteiger partial charge in [-0.25, -0.2) is 8.42 Å². The summed E-state index contributed by atoms with van der Waals surface area (Å²) in [5, 5.41) is 3.35. The summed E-state index contributed by atoms with van der Waals surface area (Å²) in [6, 6.07) is 19.7. The summed E-state index contributed by atoms with van der Waals surface area (Å²) in [5.41, 5.74) is 2.80. The van der Waals surface area contributed by atoms with Gasteiger partial charge in [-0.3, -0.25) is 13.9 Å². The summed E-state index contributed by atoms with van der Waals surface area (Å²) in [6.45, 7) is 7.56. The molecule has 0 saturated carbocycles. The summed E-state index contributed by atoms with van der Waals surface area (Å²) < 4.78 is 28.8. The van der Waals surface area contributed by atoms with E-state index in [1.165, 1.54) is 17.0 Å². The molecule has 0 radical (unpaired) electrons. The molecule has 3 aromatic rings. The monoisotopic (exact) mass is 569 g/mol. The summed E-state index contributed by atoms with van der Waals surface area (Å²) in [6.07, 6.45) is 1.75. The van der Waals surface area contributed by atoms with Gasteiger partial charge in [0, 0.05) is 18.1 Å². The van der Waals surface area contributed by atoms with Crippen LogP contribution < -0.4 is 9.62 Å². The molecule has 7 nitrogen and oxygen atoms in total. The number of amides is 2. The van der Waals surface area contributed by atoms with Gasteiger partial charge in [0.2, 0.25) is 11.8 Å². The van der Waals surface area contributed by atoms with Crippen LogP contribution in [0, 0.1) is 13.8 Å². The molecule has 1 N–H and O–H groups in total. The highest BCUT2D eigenvalue weighted by Crippen LogP contribution is 2.29. The van der Waals surface area contributed by atoms with Gasteiger partial charge in [0.1, 0.15) is 12.6 Å². The van der Waals surface area contributed by atoms with Gasteiger partial charge in [-0.2, -0.15) is 0 Å². The molecule has 0 fully saturated rings. The second-order valence-electron chi connectivity index (χ2n) is 9.59. The molecule has 0 aromatic heterocycles. The van der Waals surface area contributed by atoms with Gasteiger partial charge in [-0.1, -0.05) is 73.0 Å². The van der Waals surface area contributed by atoms with Crippen LogP contribution in [0.15, 0.2) is 77.7 Å². The normalized spacial score (nSPS) is 12.0. The van der Waals surface area contributed by atoms with E-state index < -0.39 is 28.5 Å². The fraction of sp³-hybridized carbons (Fsp3) is 0.333. The highest BCUT2D eigenvalue weighted by molar-refractivity contribution is 7.92. The molecule has 0 aliphatic carbocycles. The third-order valence-electron chi connectivity index (χ3n) is 6.47. The standard InChI is InChI=1S/C30H36ClN3O4S/c1-5-6-17-32-30(36)24(4)33(20-25-12-10-11-22(2)18-25)29(35)21-34(28-16-15-26(31)19-23(28)3)39(37,38)27-13-8-7-9-14-27/h7-16,18-19,24H,5-6,17,20-21H2,1-4H3,(H,32,36). The molecule has 0 saturated heterocycles. The third-order valence-corrected chi connectivity index (χ3v) is 8.48. The van der Waals surface area contributed by atoms with E-state index in [1.807, 2.05) is 38.1 Å². The Morgan fingerprint density at radius 3 is 2.33 bits per heavy atom. The molecular weight excluding hydrogens is 534 g/mol. The topological polar surface area (TPSA) is 86.8 Å². The van der Waals surface area contributed by atoms with E-state index in [9.17, 15) is 18.0 Å². The van der Waals surface area contributed by atoms with E-state index in [-0.39, 0.29) is 17.3 Å². The fourth-order valence-corrected chi connectivity index (χ4v) is 5.98. The molecule has 1 atom stereocenters. The number of hydrogen-bond donors (Lipinski definition) is 1. The highest BCUT2D eigenvalue weighted by Gasteiger charge is 2.33. The number of sulfonamides is 1. The molecule has 0 bridgehead atoms. The average Bonchev–Trinajstić information content (AvgIpc) is 2.91. The summed E-state index contributed by atoms with van der Waals surface area (Å²) >= 11 is 6.15. The molecule has 208 valence electrons. The molecule has 0 spiro atoms. The van der Waals surface area contributed by atoms with Crippen LogP contribution in [0.25, 0.3) is 0 Å². The van der Waals surface area contributed by atoms with Gasteiger partial charge in [0.05, 0.1) is 10.6 Å². The quantitative estimate of drug-likeness (QED) is 0.292. The van der Waals surface area contributed by atoms with Gasteiger partial charge in [0.25, 0.3) is 10.0 Å². The summed E-state index contributed by atoms with van der Waals surface area (Å²) in [7, 11) is -4.12. The molecule has 0 aliphatic heterocycles. The van der Waals surface area contributed by atoms with Crippen LogP contribution in [-0.4, -0.2) is 44.3 Å². The zero-order chi connectivity index (χ0) is 28.6. The molecule has 3 aromatic carbocycles. The Labute approximate surface area is 236 Å². The van der Waals surface area contributed by atoms with E-state index in [4.69, 9.17) is 11.6 Å². The average molecular weight is 570 g/mol. The molecule has 39 heavy (non-hydrogen) atoms. The lowest BCUT2D eigenvalue weighted by atomic mass is 10.1. The molecular formula is C30H36ClN3O4S. The molecule has 0 heterocycles. The molecule has 1 unspecified atom stereocenters. The third kappa shape index (κ3) is 7.83. The van der Waals surface area contributed by atoms with Crippen LogP contribution in [0.3, 0.4) is 0 Å². The SMILES string of the molecule is CCCCNC(=O)C(C)N(Cc1cccc(C)c1)C(=O)CN(c1ccc(Cl)cc1C)S(=O)(=O)c1ccccc1. The first-order valence-electron chi connectivity index (χ1n) is 13.0. The van der Waals surface area contributed by atoms with E-state index >= 15 is 0 Å². The minimum absolute atomic E-state index is 0.0581. The first kappa shape index (κ1) is 30.2. The Morgan fingerprint density at radius 2 is 1.69 bits per heavy atom. The van der Waals surface area contributed by atoms with E-state index in [0.29, 0.717) is 22.8 Å². The van der Waals surface area contributed by atoms with Gasteiger partial charge in [0.15, 0.2) is 0 Å². The number of nitrogens with zero attached hydrogens (tertiary/aromatic N) is 2. The minimum atomic E-state index is -4.12. The largest absolute Gasteiger partial charge is 0.354 e. The second kappa shape index (κ2) is 13.6. The highest BCUT2D eigenvalue weighted by atomic mass is 35.5. The van der Waals surface area contributed by atoms with Crippen molar-refractivity contribution >= 4 is 39.1 Å². The number of unbranched alkanes of at least 4 members (excludes halogenated alkanes) is 1. The van der Waals surface area contributed by atoms with Gasteiger partial charge >= 0.3 is 0 Å². The number of nitrogens with one attached hydrogen (secondary N) is 1. The maximum Gasteiger partial charge on any atom is 0.264 e. The maximum absolute atomic E-state index is 14.0. The first-order chi connectivity index (χ1) is 18.5. The Hall–Kier alpha value is -3.36. The summed E-state index contributed by atoms with van der Waals surface area (Å²) in [5.74, 6) is -0.784.